The van der Waals surface area contributed by atoms with E-state index >= 15 is 0 Å². The Morgan fingerprint density at radius 3 is 2.89 bits per heavy atom. The number of anilines is 2. The lowest BCUT2D eigenvalue weighted by atomic mass is 10.1. The third kappa shape index (κ3) is 5.08. The Kier molecular flexibility index (Phi) is 6.10. The van der Waals surface area contributed by atoms with E-state index in [-0.39, 0.29) is 11.7 Å². The van der Waals surface area contributed by atoms with Crippen LogP contribution in [0, 0.1) is 0 Å². The van der Waals surface area contributed by atoms with Gasteiger partial charge in [-0.3, -0.25) is 9.79 Å². The molecule has 6 N–H and O–H groups in total. The molecule has 0 spiro atoms. The minimum atomic E-state index is -0.482. The minimum Gasteiger partial charge on any atom is -0.431 e. The number of aliphatic imine (C=N–C) groups is 1. The number of piperidine rings is 1. The van der Waals surface area contributed by atoms with Gasteiger partial charge in [-0.2, -0.15) is 4.98 Å². The highest BCUT2D eigenvalue weighted by Gasteiger charge is 2.14. The molecule has 8 nitrogen and oxygen atoms in total. The van der Waals surface area contributed by atoms with Crippen LogP contribution in [0.25, 0.3) is 5.70 Å². The Labute approximate surface area is 161 Å². The zero-order chi connectivity index (χ0) is 19.2. The van der Waals surface area contributed by atoms with Crippen molar-refractivity contribution < 1.29 is 9.21 Å². The highest BCUT2D eigenvalue weighted by Crippen LogP contribution is 2.25. The van der Waals surface area contributed by atoms with Gasteiger partial charge in [-0.05, 0) is 49.7 Å². The van der Waals surface area contributed by atoms with Crippen LogP contribution in [0.2, 0.25) is 5.02 Å². The summed E-state index contributed by atoms with van der Waals surface area (Å²) in [5.74, 6) is -0.482. The van der Waals surface area contributed by atoms with Crippen LogP contribution >= 0.6 is 11.6 Å². The van der Waals surface area contributed by atoms with E-state index in [1.165, 1.54) is 6.26 Å². The number of oxazole rings is 1. The Bertz CT molecular complexity index is 870. The lowest BCUT2D eigenvalue weighted by Gasteiger charge is -2.18. The van der Waals surface area contributed by atoms with Crippen molar-refractivity contribution in [3.8, 4) is 0 Å². The predicted octanol–water partition coefficient (Wildman–Crippen LogP) is 2.28. The first-order chi connectivity index (χ1) is 13.0. The van der Waals surface area contributed by atoms with E-state index in [0.29, 0.717) is 28.0 Å². The maximum Gasteiger partial charge on any atom is 0.292 e. The molecule has 0 atom stereocenters. The average Bonchev–Trinajstić information content (AvgIpc) is 3.11. The normalized spacial score (nSPS) is 16.0. The molecule has 0 radical (unpaired) electrons. The number of nitrogen functional groups attached to an aromatic ring is 1. The number of hydrogen-bond acceptors (Lipinski definition) is 7. The number of nitrogens with two attached hydrogens (primary N) is 2. The molecule has 1 aromatic heterocycles. The number of nitrogens with one attached hydrogen (secondary N) is 2. The molecule has 0 aliphatic carbocycles. The summed E-state index contributed by atoms with van der Waals surface area (Å²) >= 11 is 6.17. The molecule has 1 aromatic carbocycles. The summed E-state index contributed by atoms with van der Waals surface area (Å²) < 4.78 is 4.84. The summed E-state index contributed by atoms with van der Waals surface area (Å²) in [5, 5.41) is 6.35. The molecular weight excluding hydrogens is 368 g/mol. The van der Waals surface area contributed by atoms with Gasteiger partial charge in [0, 0.05) is 11.9 Å². The number of benzene rings is 1. The second-order valence-corrected chi connectivity index (χ2v) is 6.53. The van der Waals surface area contributed by atoms with Crippen LogP contribution in [-0.2, 0) is 0 Å². The fourth-order valence-electron chi connectivity index (χ4n) is 2.68. The molecule has 1 amide bonds. The number of amides is 1. The highest BCUT2D eigenvalue weighted by molar-refractivity contribution is 6.34. The van der Waals surface area contributed by atoms with Gasteiger partial charge in [0.1, 0.15) is 6.26 Å². The SMILES string of the molecule is NC(=CC=NC1CCNCC1)c1ccc(Cl)c(NC(=O)c2coc(N)n2)c1. The number of allylic oxidation sites excluding steroid dienone is 1. The minimum absolute atomic E-state index is 0.0617. The summed E-state index contributed by atoms with van der Waals surface area (Å²) in [4.78, 5) is 20.5. The zero-order valence-corrected chi connectivity index (χ0v) is 15.4. The van der Waals surface area contributed by atoms with Crippen molar-refractivity contribution >= 4 is 41.1 Å². The summed E-state index contributed by atoms with van der Waals surface area (Å²) in [6.45, 7) is 1.97. The van der Waals surface area contributed by atoms with Crippen LogP contribution in [0.5, 0.6) is 0 Å². The lowest BCUT2D eigenvalue weighted by molar-refractivity contribution is 0.102. The number of hydrogen-bond donors (Lipinski definition) is 4. The molecule has 0 saturated carbocycles. The maximum absolute atomic E-state index is 12.2. The van der Waals surface area contributed by atoms with Crippen LogP contribution in [0.3, 0.4) is 0 Å². The van der Waals surface area contributed by atoms with Crippen molar-refractivity contribution in [1.82, 2.24) is 10.3 Å². The zero-order valence-electron chi connectivity index (χ0n) is 14.6. The van der Waals surface area contributed by atoms with Crippen molar-refractivity contribution in [2.24, 2.45) is 10.7 Å². The maximum atomic E-state index is 12.2. The monoisotopic (exact) mass is 388 g/mol. The summed E-state index contributed by atoms with van der Waals surface area (Å²) in [6, 6.07) is 5.36. The van der Waals surface area contributed by atoms with Gasteiger partial charge < -0.3 is 26.5 Å². The van der Waals surface area contributed by atoms with Crippen molar-refractivity contribution in [3.63, 3.8) is 0 Å². The fraction of sp³-hybridized carbons (Fsp3) is 0.278. The quantitative estimate of drug-likeness (QED) is 0.581. The van der Waals surface area contributed by atoms with Crippen LogP contribution in [0.1, 0.15) is 28.9 Å². The van der Waals surface area contributed by atoms with Crippen molar-refractivity contribution in [2.45, 2.75) is 18.9 Å². The van der Waals surface area contributed by atoms with E-state index in [1.807, 2.05) is 0 Å². The van der Waals surface area contributed by atoms with Crippen LogP contribution in [0.15, 0.2) is 39.9 Å². The topological polar surface area (TPSA) is 132 Å². The number of carbonyl (C=O) groups is 1. The van der Waals surface area contributed by atoms with Gasteiger partial charge in [0.2, 0.25) is 0 Å². The van der Waals surface area contributed by atoms with Crippen molar-refractivity contribution in [1.29, 1.82) is 0 Å². The van der Waals surface area contributed by atoms with Crippen LogP contribution < -0.4 is 22.1 Å². The van der Waals surface area contributed by atoms with Crippen molar-refractivity contribution in [2.75, 3.05) is 24.1 Å². The molecule has 1 saturated heterocycles. The van der Waals surface area contributed by atoms with Gasteiger partial charge in [0.05, 0.1) is 16.8 Å². The van der Waals surface area contributed by atoms with Gasteiger partial charge in [-0.25, -0.2) is 0 Å². The van der Waals surface area contributed by atoms with E-state index in [4.69, 9.17) is 27.5 Å². The summed E-state index contributed by atoms with van der Waals surface area (Å²) in [6.07, 6.45) is 6.70. The van der Waals surface area contributed by atoms with Crippen LogP contribution in [-0.4, -0.2) is 36.2 Å². The van der Waals surface area contributed by atoms with Gasteiger partial charge in [0.15, 0.2) is 5.69 Å². The third-order valence-electron chi connectivity index (χ3n) is 4.16. The predicted molar refractivity (Wildman–Crippen MR) is 107 cm³/mol. The van der Waals surface area contributed by atoms with Gasteiger partial charge in [-0.15, -0.1) is 0 Å². The van der Waals surface area contributed by atoms with Crippen LogP contribution in [0.4, 0.5) is 11.7 Å². The van der Waals surface area contributed by atoms with Gasteiger partial charge in [0.25, 0.3) is 11.9 Å². The Morgan fingerprint density at radius 1 is 1.41 bits per heavy atom. The van der Waals surface area contributed by atoms with Gasteiger partial charge in [-0.1, -0.05) is 17.7 Å². The molecular formula is C18H21ClN6O2. The standard InChI is InChI=1S/C18H21ClN6O2/c19-13-2-1-11(14(20)5-8-23-12-3-6-22-7-4-12)9-15(13)24-17(26)16-10-27-18(21)25-16/h1-2,5,8-10,12,22H,3-4,6-7,20H2,(H2,21,25)(H,24,26). The molecule has 1 fully saturated rings. The van der Waals surface area contributed by atoms with E-state index in [1.54, 1.807) is 30.5 Å². The molecule has 2 heterocycles. The first kappa shape index (κ1) is 18.9. The van der Waals surface area contributed by atoms with E-state index in [2.05, 4.69) is 20.6 Å². The lowest BCUT2D eigenvalue weighted by Crippen LogP contribution is -2.29. The largest absolute Gasteiger partial charge is 0.431 e. The Balaban J connectivity index is 1.70. The van der Waals surface area contributed by atoms with E-state index in [9.17, 15) is 4.79 Å². The molecule has 27 heavy (non-hydrogen) atoms. The molecule has 142 valence electrons. The number of nitrogens with zero attached hydrogens (tertiary/aromatic N) is 2. The third-order valence-corrected chi connectivity index (χ3v) is 4.49. The molecule has 3 rings (SSSR count). The van der Waals surface area contributed by atoms with E-state index < -0.39 is 5.91 Å². The number of aromatic nitrogens is 1. The number of halogens is 1. The van der Waals surface area contributed by atoms with E-state index in [0.717, 1.165) is 25.9 Å². The molecule has 9 heteroatoms. The Hall–Kier alpha value is -2.84. The second kappa shape index (κ2) is 8.70. The highest BCUT2D eigenvalue weighted by atomic mass is 35.5. The summed E-state index contributed by atoms with van der Waals surface area (Å²) in [7, 11) is 0. The molecule has 0 bridgehead atoms. The molecule has 1 aliphatic heterocycles. The first-order valence-corrected chi connectivity index (χ1v) is 8.92. The molecule has 2 aromatic rings. The average molecular weight is 389 g/mol. The summed E-state index contributed by atoms with van der Waals surface area (Å²) in [5.41, 5.74) is 13.2. The second-order valence-electron chi connectivity index (χ2n) is 6.12. The smallest absolute Gasteiger partial charge is 0.292 e. The Morgan fingerprint density at radius 2 is 2.19 bits per heavy atom. The number of carbonyl (C=O) groups excluding carboxylic acids is 1. The fourth-order valence-corrected chi connectivity index (χ4v) is 2.84. The number of rotatable bonds is 5. The first-order valence-electron chi connectivity index (χ1n) is 8.55. The van der Waals surface area contributed by atoms with Crippen molar-refractivity contribution in [3.05, 3.63) is 46.8 Å². The van der Waals surface area contributed by atoms with Gasteiger partial charge >= 0.3 is 0 Å². The molecule has 0 unspecified atom stereocenters. The molecule has 1 aliphatic rings.